The zero-order valence-corrected chi connectivity index (χ0v) is 9.29. The molecule has 0 fully saturated rings. The van der Waals surface area contributed by atoms with Gasteiger partial charge < -0.3 is 11.1 Å². The number of nitrogens with two attached hydrogens (primary N) is 1. The fourth-order valence-electron chi connectivity index (χ4n) is 1.04. The summed E-state index contributed by atoms with van der Waals surface area (Å²) in [4.78, 5) is 15.4. The molecule has 0 aromatic carbocycles. The number of pyridine rings is 1. The topological polar surface area (TPSA) is 68.0 Å². The molecule has 0 saturated heterocycles. The number of hydrogen-bond acceptors (Lipinski definition) is 3. The zero-order chi connectivity index (χ0) is 11.3. The molecule has 15 heavy (non-hydrogen) atoms. The molecule has 1 aromatic rings. The van der Waals surface area contributed by atoms with Crippen LogP contribution in [0.25, 0.3) is 0 Å². The second kappa shape index (κ2) is 5.68. The molecule has 5 heteroatoms. The SMILES string of the molecule is CC(CN)CC(=O)Nc1ccc(Cl)cn1. The zero-order valence-electron chi connectivity index (χ0n) is 8.53. The summed E-state index contributed by atoms with van der Waals surface area (Å²) in [7, 11) is 0. The number of carbonyl (C=O) groups is 1. The molecular weight excluding hydrogens is 214 g/mol. The average molecular weight is 228 g/mol. The van der Waals surface area contributed by atoms with Crippen molar-refractivity contribution in [2.45, 2.75) is 13.3 Å². The van der Waals surface area contributed by atoms with E-state index in [0.29, 0.717) is 23.8 Å². The molecule has 1 unspecified atom stereocenters. The Bertz CT molecular complexity index is 326. The van der Waals surface area contributed by atoms with Gasteiger partial charge in [0.25, 0.3) is 0 Å². The number of amides is 1. The molecule has 1 atom stereocenters. The number of hydrogen-bond donors (Lipinski definition) is 2. The first-order chi connectivity index (χ1) is 7.11. The number of anilines is 1. The first kappa shape index (κ1) is 11.9. The monoisotopic (exact) mass is 227 g/mol. The van der Waals surface area contributed by atoms with Gasteiger partial charge in [-0.15, -0.1) is 0 Å². The first-order valence-corrected chi connectivity index (χ1v) is 5.11. The van der Waals surface area contributed by atoms with Crippen molar-refractivity contribution in [3.05, 3.63) is 23.4 Å². The van der Waals surface area contributed by atoms with E-state index in [1.165, 1.54) is 6.20 Å². The predicted octanol–water partition coefficient (Wildman–Crippen LogP) is 1.66. The molecule has 0 aliphatic carbocycles. The van der Waals surface area contributed by atoms with Crippen LogP contribution in [-0.2, 0) is 4.79 Å². The van der Waals surface area contributed by atoms with E-state index in [9.17, 15) is 4.79 Å². The van der Waals surface area contributed by atoms with E-state index in [4.69, 9.17) is 17.3 Å². The van der Waals surface area contributed by atoms with Gasteiger partial charge in [0.1, 0.15) is 5.82 Å². The second-order valence-corrected chi connectivity index (χ2v) is 3.89. The van der Waals surface area contributed by atoms with Gasteiger partial charge in [-0.3, -0.25) is 4.79 Å². The van der Waals surface area contributed by atoms with Crippen molar-refractivity contribution >= 4 is 23.3 Å². The highest BCUT2D eigenvalue weighted by Gasteiger charge is 2.07. The van der Waals surface area contributed by atoms with Gasteiger partial charge in [-0.1, -0.05) is 18.5 Å². The lowest BCUT2D eigenvalue weighted by atomic mass is 10.1. The number of aromatic nitrogens is 1. The summed E-state index contributed by atoms with van der Waals surface area (Å²) in [6.45, 7) is 2.43. The maximum atomic E-state index is 11.4. The summed E-state index contributed by atoms with van der Waals surface area (Å²) in [6.07, 6.45) is 1.89. The first-order valence-electron chi connectivity index (χ1n) is 4.73. The standard InChI is InChI=1S/C10H14ClN3O/c1-7(5-12)4-10(15)14-9-3-2-8(11)6-13-9/h2-3,6-7H,4-5,12H2,1H3,(H,13,14,15). The van der Waals surface area contributed by atoms with Crippen LogP contribution in [0, 0.1) is 5.92 Å². The Labute approximate surface area is 93.8 Å². The van der Waals surface area contributed by atoms with E-state index in [2.05, 4.69) is 10.3 Å². The summed E-state index contributed by atoms with van der Waals surface area (Å²) >= 11 is 5.66. The highest BCUT2D eigenvalue weighted by atomic mass is 35.5. The highest BCUT2D eigenvalue weighted by Crippen LogP contribution is 2.10. The van der Waals surface area contributed by atoms with Gasteiger partial charge in [-0.25, -0.2) is 4.98 Å². The third kappa shape index (κ3) is 4.27. The molecule has 0 aliphatic rings. The molecule has 1 amide bonds. The normalized spacial score (nSPS) is 12.2. The molecule has 1 heterocycles. The molecule has 3 N–H and O–H groups in total. The minimum atomic E-state index is -0.0808. The Kier molecular flexibility index (Phi) is 4.52. The van der Waals surface area contributed by atoms with Crippen LogP contribution in [0.15, 0.2) is 18.3 Å². The van der Waals surface area contributed by atoms with Crippen molar-refractivity contribution in [3.63, 3.8) is 0 Å². The van der Waals surface area contributed by atoms with Crippen molar-refractivity contribution in [1.82, 2.24) is 4.98 Å². The van der Waals surface area contributed by atoms with Gasteiger partial charge in [0.05, 0.1) is 5.02 Å². The van der Waals surface area contributed by atoms with Crippen LogP contribution in [-0.4, -0.2) is 17.4 Å². The van der Waals surface area contributed by atoms with Crippen LogP contribution in [0.3, 0.4) is 0 Å². The van der Waals surface area contributed by atoms with Crippen LogP contribution < -0.4 is 11.1 Å². The fraction of sp³-hybridized carbons (Fsp3) is 0.400. The van der Waals surface area contributed by atoms with Crippen molar-refractivity contribution in [3.8, 4) is 0 Å². The number of nitrogens with one attached hydrogen (secondary N) is 1. The minimum absolute atomic E-state index is 0.0808. The molecule has 82 valence electrons. The molecule has 0 radical (unpaired) electrons. The van der Waals surface area contributed by atoms with E-state index in [-0.39, 0.29) is 11.8 Å². The molecule has 1 aromatic heterocycles. The Balaban J connectivity index is 2.48. The maximum absolute atomic E-state index is 11.4. The van der Waals surface area contributed by atoms with Crippen molar-refractivity contribution in [2.75, 3.05) is 11.9 Å². The third-order valence-corrected chi connectivity index (χ3v) is 2.15. The van der Waals surface area contributed by atoms with Crippen molar-refractivity contribution in [1.29, 1.82) is 0 Å². The van der Waals surface area contributed by atoms with Crippen LogP contribution in [0.2, 0.25) is 5.02 Å². The van der Waals surface area contributed by atoms with Crippen molar-refractivity contribution in [2.24, 2.45) is 11.7 Å². The van der Waals surface area contributed by atoms with Gasteiger partial charge >= 0.3 is 0 Å². The van der Waals surface area contributed by atoms with E-state index in [1.54, 1.807) is 12.1 Å². The van der Waals surface area contributed by atoms with Gasteiger partial charge in [0.15, 0.2) is 0 Å². The second-order valence-electron chi connectivity index (χ2n) is 3.45. The number of halogens is 1. The molecule has 0 bridgehead atoms. The molecule has 0 aliphatic heterocycles. The Hall–Kier alpha value is -1.13. The van der Waals surface area contributed by atoms with Crippen LogP contribution >= 0.6 is 11.6 Å². The van der Waals surface area contributed by atoms with Crippen LogP contribution in [0.4, 0.5) is 5.82 Å². The van der Waals surface area contributed by atoms with E-state index in [0.717, 1.165) is 0 Å². The summed E-state index contributed by atoms with van der Waals surface area (Å²) in [5.41, 5.74) is 5.42. The number of rotatable bonds is 4. The lowest BCUT2D eigenvalue weighted by Crippen LogP contribution is -2.20. The van der Waals surface area contributed by atoms with Crippen LogP contribution in [0.5, 0.6) is 0 Å². The Morgan fingerprint density at radius 1 is 1.67 bits per heavy atom. The third-order valence-electron chi connectivity index (χ3n) is 1.93. The minimum Gasteiger partial charge on any atom is -0.330 e. The number of carbonyl (C=O) groups excluding carboxylic acids is 1. The number of nitrogens with zero attached hydrogens (tertiary/aromatic N) is 1. The van der Waals surface area contributed by atoms with E-state index < -0.39 is 0 Å². The summed E-state index contributed by atoms with van der Waals surface area (Å²) in [5, 5.41) is 3.21. The lowest BCUT2D eigenvalue weighted by Gasteiger charge is -2.08. The summed E-state index contributed by atoms with van der Waals surface area (Å²) in [5.74, 6) is 0.605. The molecular formula is C10H14ClN3O. The van der Waals surface area contributed by atoms with E-state index in [1.807, 2.05) is 6.92 Å². The van der Waals surface area contributed by atoms with Crippen LogP contribution in [0.1, 0.15) is 13.3 Å². The smallest absolute Gasteiger partial charge is 0.225 e. The molecule has 0 saturated carbocycles. The largest absolute Gasteiger partial charge is 0.330 e. The molecule has 1 rings (SSSR count). The van der Waals surface area contributed by atoms with Gasteiger partial charge in [0.2, 0.25) is 5.91 Å². The summed E-state index contributed by atoms with van der Waals surface area (Å²) < 4.78 is 0. The van der Waals surface area contributed by atoms with Gasteiger partial charge in [0, 0.05) is 12.6 Å². The quantitative estimate of drug-likeness (QED) is 0.822. The van der Waals surface area contributed by atoms with Gasteiger partial charge in [-0.2, -0.15) is 0 Å². The van der Waals surface area contributed by atoms with Gasteiger partial charge in [-0.05, 0) is 24.6 Å². The summed E-state index contributed by atoms with van der Waals surface area (Å²) in [6, 6.07) is 3.34. The highest BCUT2D eigenvalue weighted by molar-refractivity contribution is 6.30. The van der Waals surface area contributed by atoms with Crippen molar-refractivity contribution < 1.29 is 4.79 Å². The Morgan fingerprint density at radius 2 is 2.40 bits per heavy atom. The lowest BCUT2D eigenvalue weighted by molar-refractivity contribution is -0.116. The van der Waals surface area contributed by atoms with E-state index >= 15 is 0 Å². The average Bonchev–Trinajstić information content (AvgIpc) is 2.21. The predicted molar refractivity (Wildman–Crippen MR) is 60.7 cm³/mol. The Morgan fingerprint density at radius 3 is 2.93 bits per heavy atom. The fourth-order valence-corrected chi connectivity index (χ4v) is 1.16. The maximum Gasteiger partial charge on any atom is 0.225 e. The molecule has 0 spiro atoms. The molecule has 4 nitrogen and oxygen atoms in total.